The van der Waals surface area contributed by atoms with Crippen molar-refractivity contribution in [2.45, 2.75) is 44.3 Å². The van der Waals surface area contributed by atoms with Gasteiger partial charge >= 0.3 is 0 Å². The lowest BCUT2D eigenvalue weighted by Crippen LogP contribution is -2.40. The summed E-state index contributed by atoms with van der Waals surface area (Å²) in [5, 5.41) is 3.82. The van der Waals surface area contributed by atoms with Crippen LogP contribution in [0.15, 0.2) is 30.3 Å². The van der Waals surface area contributed by atoms with Gasteiger partial charge in [-0.1, -0.05) is 30.3 Å². The van der Waals surface area contributed by atoms with Crippen molar-refractivity contribution in [2.75, 3.05) is 13.1 Å². The number of nitrogens with one attached hydrogen (secondary N) is 1. The molecule has 92 valence electrons. The van der Waals surface area contributed by atoms with Gasteiger partial charge in [0.05, 0.1) is 0 Å². The summed E-state index contributed by atoms with van der Waals surface area (Å²) in [7, 11) is 0. The third kappa shape index (κ3) is 2.24. The van der Waals surface area contributed by atoms with Crippen molar-refractivity contribution in [1.29, 1.82) is 0 Å². The topological polar surface area (TPSA) is 15.3 Å². The number of rotatable bonds is 3. The van der Waals surface area contributed by atoms with E-state index >= 15 is 0 Å². The molecule has 2 heterocycles. The van der Waals surface area contributed by atoms with Crippen LogP contribution >= 0.6 is 0 Å². The fourth-order valence-corrected chi connectivity index (χ4v) is 3.44. The maximum absolute atomic E-state index is 3.82. The predicted molar refractivity (Wildman–Crippen MR) is 71.0 cm³/mol. The van der Waals surface area contributed by atoms with Crippen molar-refractivity contribution < 1.29 is 0 Å². The predicted octanol–water partition coefficient (Wildman–Crippen LogP) is 2.57. The molecule has 1 aromatic carbocycles. The molecule has 2 aliphatic rings. The Balaban J connectivity index is 1.64. The monoisotopic (exact) mass is 230 g/mol. The summed E-state index contributed by atoms with van der Waals surface area (Å²) in [6, 6.07) is 12.8. The zero-order chi connectivity index (χ0) is 11.7. The average Bonchev–Trinajstić information content (AvgIpc) is 2.95. The van der Waals surface area contributed by atoms with Crippen molar-refractivity contribution >= 4 is 0 Å². The van der Waals surface area contributed by atoms with Gasteiger partial charge in [0.1, 0.15) is 0 Å². The molecule has 2 unspecified atom stereocenters. The molecule has 0 bridgehead atoms. The Kier molecular flexibility index (Phi) is 3.17. The minimum Gasteiger partial charge on any atom is -0.306 e. The molecule has 0 spiro atoms. The van der Waals surface area contributed by atoms with Crippen molar-refractivity contribution in [2.24, 2.45) is 0 Å². The van der Waals surface area contributed by atoms with E-state index in [1.165, 1.54) is 37.9 Å². The van der Waals surface area contributed by atoms with E-state index in [1.54, 1.807) is 0 Å². The van der Waals surface area contributed by atoms with Gasteiger partial charge in [0, 0.05) is 24.7 Å². The Morgan fingerprint density at radius 3 is 2.82 bits per heavy atom. The van der Waals surface area contributed by atoms with Gasteiger partial charge in [-0.3, -0.25) is 4.90 Å². The van der Waals surface area contributed by atoms with E-state index in [1.807, 2.05) is 0 Å². The molecule has 2 fully saturated rings. The van der Waals surface area contributed by atoms with Gasteiger partial charge in [-0.05, 0) is 38.3 Å². The summed E-state index contributed by atoms with van der Waals surface area (Å²) in [6.45, 7) is 4.90. The number of nitrogens with zero attached hydrogens (tertiary/aromatic N) is 1. The largest absolute Gasteiger partial charge is 0.306 e. The summed E-state index contributed by atoms with van der Waals surface area (Å²) in [6.07, 6.45) is 4.10. The molecule has 2 aliphatic heterocycles. The van der Waals surface area contributed by atoms with Crippen molar-refractivity contribution in [3.63, 3.8) is 0 Å². The highest BCUT2D eigenvalue weighted by Gasteiger charge is 2.37. The van der Waals surface area contributed by atoms with E-state index in [0.29, 0.717) is 12.1 Å². The SMILES string of the molecule is C[C@H](NC1CCN2CCCC12)c1ccccc1. The standard InChI is InChI=1S/C15H22N2/c1-12(13-6-3-2-4-7-13)16-14-9-11-17-10-5-8-15(14)17/h2-4,6-7,12,14-16H,5,8-11H2,1H3/t12-,14?,15?/m0/s1. The Bertz CT molecular complexity index is 362. The van der Waals surface area contributed by atoms with Gasteiger partial charge in [-0.15, -0.1) is 0 Å². The molecular weight excluding hydrogens is 208 g/mol. The molecule has 0 aliphatic carbocycles. The number of benzene rings is 1. The van der Waals surface area contributed by atoms with Crippen LogP contribution in [-0.2, 0) is 0 Å². The summed E-state index contributed by atoms with van der Waals surface area (Å²) in [5.41, 5.74) is 1.41. The molecule has 0 aromatic heterocycles. The number of hydrogen-bond donors (Lipinski definition) is 1. The van der Waals surface area contributed by atoms with Crippen molar-refractivity contribution in [3.8, 4) is 0 Å². The quantitative estimate of drug-likeness (QED) is 0.858. The first kappa shape index (κ1) is 11.2. The number of fused-ring (bicyclic) bond motifs is 1. The van der Waals surface area contributed by atoms with Gasteiger partial charge in [0.25, 0.3) is 0 Å². The lowest BCUT2D eigenvalue weighted by atomic mass is 10.0. The van der Waals surface area contributed by atoms with Gasteiger partial charge < -0.3 is 5.32 Å². The van der Waals surface area contributed by atoms with Crippen LogP contribution in [0, 0.1) is 0 Å². The molecule has 1 N–H and O–H groups in total. The second-order valence-corrected chi connectivity index (χ2v) is 5.44. The molecular formula is C15H22N2. The Hall–Kier alpha value is -0.860. The van der Waals surface area contributed by atoms with Crippen LogP contribution in [0.25, 0.3) is 0 Å². The fourth-order valence-electron chi connectivity index (χ4n) is 3.44. The third-order valence-corrected chi connectivity index (χ3v) is 4.37. The zero-order valence-corrected chi connectivity index (χ0v) is 10.6. The minimum atomic E-state index is 0.474. The van der Waals surface area contributed by atoms with E-state index in [-0.39, 0.29) is 0 Å². The molecule has 0 radical (unpaired) electrons. The van der Waals surface area contributed by atoms with E-state index in [4.69, 9.17) is 0 Å². The summed E-state index contributed by atoms with van der Waals surface area (Å²) in [4.78, 5) is 2.66. The van der Waals surface area contributed by atoms with Crippen molar-refractivity contribution in [3.05, 3.63) is 35.9 Å². The van der Waals surface area contributed by atoms with Crippen LogP contribution in [0.2, 0.25) is 0 Å². The summed E-state index contributed by atoms with van der Waals surface area (Å²) < 4.78 is 0. The molecule has 0 amide bonds. The second kappa shape index (κ2) is 4.79. The van der Waals surface area contributed by atoms with E-state index in [0.717, 1.165) is 6.04 Å². The van der Waals surface area contributed by atoms with Crippen molar-refractivity contribution in [1.82, 2.24) is 10.2 Å². The molecule has 2 nitrogen and oxygen atoms in total. The van der Waals surface area contributed by atoms with Gasteiger partial charge in [0.15, 0.2) is 0 Å². The van der Waals surface area contributed by atoms with Gasteiger partial charge in [-0.25, -0.2) is 0 Å². The van der Waals surface area contributed by atoms with E-state index in [2.05, 4.69) is 47.5 Å². The molecule has 2 heteroatoms. The van der Waals surface area contributed by atoms with Crippen LogP contribution in [0.3, 0.4) is 0 Å². The second-order valence-electron chi connectivity index (χ2n) is 5.44. The van der Waals surface area contributed by atoms with Crippen LogP contribution < -0.4 is 5.32 Å². The lowest BCUT2D eigenvalue weighted by Gasteiger charge is -2.25. The van der Waals surface area contributed by atoms with Gasteiger partial charge in [-0.2, -0.15) is 0 Å². The first-order valence-corrected chi connectivity index (χ1v) is 6.89. The average molecular weight is 230 g/mol. The third-order valence-electron chi connectivity index (χ3n) is 4.37. The highest BCUT2D eigenvalue weighted by atomic mass is 15.2. The molecule has 3 rings (SSSR count). The van der Waals surface area contributed by atoms with Crippen LogP contribution in [-0.4, -0.2) is 30.1 Å². The van der Waals surface area contributed by atoms with E-state index < -0.39 is 0 Å². The molecule has 3 atom stereocenters. The number of hydrogen-bond acceptors (Lipinski definition) is 2. The first-order valence-electron chi connectivity index (χ1n) is 6.89. The maximum Gasteiger partial charge on any atom is 0.0295 e. The van der Waals surface area contributed by atoms with E-state index in [9.17, 15) is 0 Å². The van der Waals surface area contributed by atoms with Crippen LogP contribution in [0.4, 0.5) is 0 Å². The normalized spacial score (nSPS) is 30.4. The lowest BCUT2D eigenvalue weighted by molar-refractivity contribution is 0.291. The molecule has 1 aromatic rings. The molecule has 0 saturated carbocycles. The maximum atomic E-state index is 3.82. The highest BCUT2D eigenvalue weighted by molar-refractivity contribution is 5.18. The Morgan fingerprint density at radius 1 is 1.18 bits per heavy atom. The minimum absolute atomic E-state index is 0.474. The van der Waals surface area contributed by atoms with Gasteiger partial charge in [0.2, 0.25) is 0 Å². The van der Waals surface area contributed by atoms with Crippen LogP contribution in [0.1, 0.15) is 37.8 Å². The summed E-state index contributed by atoms with van der Waals surface area (Å²) in [5.74, 6) is 0. The van der Waals surface area contributed by atoms with Crippen LogP contribution in [0.5, 0.6) is 0 Å². The smallest absolute Gasteiger partial charge is 0.0295 e. The molecule has 2 saturated heterocycles. The molecule has 17 heavy (non-hydrogen) atoms. The first-order chi connectivity index (χ1) is 8.34. The zero-order valence-electron chi connectivity index (χ0n) is 10.6. The Morgan fingerprint density at radius 2 is 2.00 bits per heavy atom. The fraction of sp³-hybridized carbons (Fsp3) is 0.600. The Labute approximate surface area is 104 Å². The summed E-state index contributed by atoms with van der Waals surface area (Å²) >= 11 is 0. The highest BCUT2D eigenvalue weighted by Crippen LogP contribution is 2.29.